The van der Waals surface area contributed by atoms with Gasteiger partial charge in [0.1, 0.15) is 24.4 Å². The van der Waals surface area contributed by atoms with E-state index in [1.807, 2.05) is 0 Å². The molecular formula is C13H18N2O8. The molecule has 1 aliphatic heterocycles. The number of aliphatic hydroxyl groups excluding tert-OH is 3. The van der Waals surface area contributed by atoms with Crippen LogP contribution in [-0.2, 0) is 20.8 Å². The molecule has 0 spiro atoms. The Labute approximate surface area is 129 Å². The molecule has 4 atom stereocenters. The lowest BCUT2D eigenvalue weighted by Gasteiger charge is -2.15. The van der Waals surface area contributed by atoms with Crippen LogP contribution in [0, 0.1) is 0 Å². The molecule has 0 radical (unpaired) electrons. The number of H-pyrrole nitrogens is 1. The molecule has 0 saturated carbocycles. The van der Waals surface area contributed by atoms with Gasteiger partial charge in [0.05, 0.1) is 25.7 Å². The molecule has 10 heteroatoms. The number of aromatic amines is 1. The molecule has 128 valence electrons. The lowest BCUT2D eigenvalue weighted by molar-refractivity contribution is -0.140. The Morgan fingerprint density at radius 2 is 2.09 bits per heavy atom. The first-order valence-corrected chi connectivity index (χ1v) is 6.92. The fourth-order valence-corrected chi connectivity index (χ4v) is 2.37. The average molecular weight is 330 g/mol. The third-order valence-electron chi connectivity index (χ3n) is 3.67. The first kappa shape index (κ1) is 17.3. The maximum Gasteiger partial charge on any atom is 0.328 e. The number of aliphatic hydroxyl groups is 3. The van der Waals surface area contributed by atoms with Gasteiger partial charge in [0.15, 0.2) is 0 Å². The number of ether oxygens (including phenoxy) is 2. The van der Waals surface area contributed by atoms with Crippen LogP contribution in [0.1, 0.15) is 18.1 Å². The van der Waals surface area contributed by atoms with E-state index in [9.17, 15) is 24.6 Å². The second-order valence-electron chi connectivity index (χ2n) is 5.12. The fraction of sp³-hybridized carbons (Fsp3) is 0.615. The van der Waals surface area contributed by atoms with Crippen molar-refractivity contribution in [1.29, 1.82) is 0 Å². The van der Waals surface area contributed by atoms with Crippen LogP contribution in [0.5, 0.6) is 0 Å². The van der Waals surface area contributed by atoms with Crippen LogP contribution in [-0.4, -0.2) is 62.9 Å². The summed E-state index contributed by atoms with van der Waals surface area (Å²) < 4.78 is 10.8. The summed E-state index contributed by atoms with van der Waals surface area (Å²) in [4.78, 5) is 36.9. The topological polar surface area (TPSA) is 151 Å². The number of aryl methyl sites for hydroxylation is 1. The van der Waals surface area contributed by atoms with E-state index in [1.54, 1.807) is 0 Å². The predicted molar refractivity (Wildman–Crippen MR) is 74.7 cm³/mol. The first-order valence-electron chi connectivity index (χ1n) is 6.92. The lowest BCUT2D eigenvalue weighted by atomic mass is 10.0. The van der Waals surface area contributed by atoms with E-state index in [-0.39, 0.29) is 18.5 Å². The van der Waals surface area contributed by atoms with E-state index >= 15 is 0 Å². The quantitative estimate of drug-likeness (QED) is 0.424. The van der Waals surface area contributed by atoms with Gasteiger partial charge >= 0.3 is 11.7 Å². The van der Waals surface area contributed by atoms with Gasteiger partial charge in [-0.2, -0.15) is 0 Å². The van der Waals surface area contributed by atoms with Gasteiger partial charge in [-0.3, -0.25) is 19.1 Å². The number of aromatic nitrogens is 2. The average Bonchev–Trinajstić information content (AvgIpc) is 2.81. The molecule has 1 aliphatic rings. The van der Waals surface area contributed by atoms with E-state index in [0.29, 0.717) is 0 Å². The molecule has 10 nitrogen and oxygen atoms in total. The number of methoxy groups -OCH3 is 1. The van der Waals surface area contributed by atoms with Crippen molar-refractivity contribution in [2.24, 2.45) is 0 Å². The summed E-state index contributed by atoms with van der Waals surface area (Å²) in [6.45, 7) is -0.571. The number of carbonyl (C=O) groups excluding carboxylic acids is 1. The van der Waals surface area contributed by atoms with Crippen molar-refractivity contribution in [2.75, 3.05) is 13.7 Å². The van der Waals surface area contributed by atoms with Crippen LogP contribution < -0.4 is 11.2 Å². The van der Waals surface area contributed by atoms with Gasteiger partial charge in [0.2, 0.25) is 0 Å². The van der Waals surface area contributed by atoms with Gasteiger partial charge in [-0.15, -0.1) is 0 Å². The number of carbonyl (C=O) groups is 1. The molecule has 1 saturated heterocycles. The number of nitrogens with zero attached hydrogens (tertiary/aromatic N) is 1. The van der Waals surface area contributed by atoms with E-state index in [4.69, 9.17) is 9.84 Å². The number of hydrogen-bond acceptors (Lipinski definition) is 8. The number of hydrogen-bond donors (Lipinski definition) is 4. The van der Waals surface area contributed by atoms with Gasteiger partial charge in [-0.1, -0.05) is 0 Å². The third kappa shape index (κ3) is 3.50. The van der Waals surface area contributed by atoms with Crippen LogP contribution in [0.15, 0.2) is 15.8 Å². The van der Waals surface area contributed by atoms with Gasteiger partial charge in [-0.05, 0) is 0 Å². The van der Waals surface area contributed by atoms with Crippen molar-refractivity contribution in [2.45, 2.75) is 37.4 Å². The highest BCUT2D eigenvalue weighted by Gasteiger charge is 2.44. The Bertz CT molecular complexity index is 681. The Morgan fingerprint density at radius 1 is 1.39 bits per heavy atom. The minimum absolute atomic E-state index is 0.0376. The summed E-state index contributed by atoms with van der Waals surface area (Å²) in [5, 5.41) is 28.8. The molecule has 0 aromatic carbocycles. The van der Waals surface area contributed by atoms with E-state index in [2.05, 4.69) is 9.72 Å². The number of rotatable bonds is 5. The zero-order chi connectivity index (χ0) is 17.1. The van der Waals surface area contributed by atoms with Crippen LogP contribution in [0.25, 0.3) is 0 Å². The fourth-order valence-electron chi connectivity index (χ4n) is 2.37. The summed E-state index contributed by atoms with van der Waals surface area (Å²) in [5.74, 6) is -0.530. The number of nitrogens with one attached hydrogen (secondary N) is 1. The van der Waals surface area contributed by atoms with Crippen LogP contribution >= 0.6 is 0 Å². The Hall–Kier alpha value is -2.01. The number of esters is 1. The molecule has 0 bridgehead atoms. The second kappa shape index (κ2) is 7.04. The largest absolute Gasteiger partial charge is 0.469 e. The van der Waals surface area contributed by atoms with Crippen molar-refractivity contribution in [3.05, 3.63) is 32.6 Å². The maximum absolute atomic E-state index is 11.9. The monoisotopic (exact) mass is 330 g/mol. The van der Waals surface area contributed by atoms with Gasteiger partial charge in [-0.25, -0.2) is 4.79 Å². The van der Waals surface area contributed by atoms with E-state index in [0.717, 1.165) is 10.8 Å². The SMILES string of the molecule is COC(=O)CCn1cc([C@@H]2O[C@H](CO)C(O)[C@@H]2O)c(=O)[nH]c1=O. The summed E-state index contributed by atoms with van der Waals surface area (Å²) in [5.41, 5.74) is -1.59. The Balaban J connectivity index is 2.31. The van der Waals surface area contributed by atoms with Crippen LogP contribution in [0.2, 0.25) is 0 Å². The minimum Gasteiger partial charge on any atom is -0.469 e. The highest BCUT2D eigenvalue weighted by atomic mass is 16.6. The maximum atomic E-state index is 11.9. The highest BCUT2D eigenvalue weighted by Crippen LogP contribution is 2.31. The molecular weight excluding hydrogens is 312 g/mol. The molecule has 4 N–H and O–H groups in total. The van der Waals surface area contributed by atoms with Gasteiger partial charge in [0.25, 0.3) is 5.56 Å². The zero-order valence-electron chi connectivity index (χ0n) is 12.3. The molecule has 0 aliphatic carbocycles. The van der Waals surface area contributed by atoms with Crippen molar-refractivity contribution < 1.29 is 29.6 Å². The van der Waals surface area contributed by atoms with Crippen molar-refractivity contribution in [3.8, 4) is 0 Å². The smallest absolute Gasteiger partial charge is 0.328 e. The molecule has 0 amide bonds. The first-order chi connectivity index (χ1) is 10.9. The Kier molecular flexibility index (Phi) is 5.31. The van der Waals surface area contributed by atoms with Crippen molar-refractivity contribution in [3.63, 3.8) is 0 Å². The predicted octanol–water partition coefficient (Wildman–Crippen LogP) is -2.75. The molecule has 2 heterocycles. The van der Waals surface area contributed by atoms with Crippen LogP contribution in [0.3, 0.4) is 0 Å². The standard InChI is InChI=1S/C13H18N2O8/c1-22-8(17)2-3-15-4-6(12(20)14-13(15)21)11-10(19)9(18)7(5-16)23-11/h4,7,9-11,16,18-19H,2-3,5H2,1H3,(H,14,20,21)/t7-,9?,10+,11+/m1/s1. The van der Waals surface area contributed by atoms with E-state index < -0.39 is 48.2 Å². The summed E-state index contributed by atoms with van der Waals surface area (Å²) in [6, 6.07) is 0. The summed E-state index contributed by atoms with van der Waals surface area (Å²) >= 11 is 0. The third-order valence-corrected chi connectivity index (χ3v) is 3.67. The molecule has 2 rings (SSSR count). The zero-order valence-corrected chi connectivity index (χ0v) is 12.3. The normalized spacial score (nSPS) is 27.1. The van der Waals surface area contributed by atoms with Crippen molar-refractivity contribution >= 4 is 5.97 Å². The molecule has 1 unspecified atom stereocenters. The highest BCUT2D eigenvalue weighted by molar-refractivity contribution is 5.68. The second-order valence-corrected chi connectivity index (χ2v) is 5.12. The van der Waals surface area contributed by atoms with E-state index in [1.165, 1.54) is 7.11 Å². The molecule has 1 aromatic rings. The van der Waals surface area contributed by atoms with Gasteiger partial charge < -0.3 is 24.8 Å². The van der Waals surface area contributed by atoms with Gasteiger partial charge in [0, 0.05) is 12.7 Å². The molecule has 1 aromatic heterocycles. The molecule has 23 heavy (non-hydrogen) atoms. The summed E-state index contributed by atoms with van der Waals surface area (Å²) in [6.07, 6.45) is -3.96. The lowest BCUT2D eigenvalue weighted by Crippen LogP contribution is -2.36. The van der Waals surface area contributed by atoms with Crippen molar-refractivity contribution in [1.82, 2.24) is 9.55 Å². The molecule has 1 fully saturated rings. The minimum atomic E-state index is -1.43. The summed E-state index contributed by atoms with van der Waals surface area (Å²) in [7, 11) is 1.21. The Morgan fingerprint density at radius 3 is 2.65 bits per heavy atom. The van der Waals surface area contributed by atoms with Crippen LogP contribution in [0.4, 0.5) is 0 Å².